The fraction of sp³-hybridized carbons (Fsp3) is 0.250. The summed E-state index contributed by atoms with van der Waals surface area (Å²) >= 11 is 1.01. The normalized spacial score (nSPS) is 17.3. The third-order valence-electron chi connectivity index (χ3n) is 5.18. The van der Waals surface area contributed by atoms with Crippen LogP contribution in [0.4, 0.5) is 5.69 Å². The van der Waals surface area contributed by atoms with Crippen molar-refractivity contribution < 1.29 is 28.6 Å². The minimum atomic E-state index is -1.24. The lowest BCUT2D eigenvalue weighted by molar-refractivity contribution is -0.150. The fourth-order valence-electron chi connectivity index (χ4n) is 3.50. The lowest BCUT2D eigenvalue weighted by Crippen LogP contribution is -2.44. The van der Waals surface area contributed by atoms with E-state index in [9.17, 15) is 19.6 Å². The van der Waals surface area contributed by atoms with Crippen LogP contribution in [0.15, 0.2) is 59.1 Å². The zero-order valence-electron chi connectivity index (χ0n) is 18.8. The Morgan fingerprint density at radius 2 is 1.62 bits per heavy atom. The molecule has 3 rings (SSSR count). The molecule has 1 heterocycles. The van der Waals surface area contributed by atoms with Crippen LogP contribution in [0.3, 0.4) is 0 Å². The van der Waals surface area contributed by atoms with E-state index in [0.717, 1.165) is 11.8 Å². The highest BCUT2D eigenvalue weighted by Gasteiger charge is 2.44. The van der Waals surface area contributed by atoms with Gasteiger partial charge in [-0.1, -0.05) is 23.9 Å². The Kier molecular flexibility index (Phi) is 8.16. The van der Waals surface area contributed by atoms with Crippen molar-refractivity contribution in [2.24, 2.45) is 5.92 Å². The summed E-state index contributed by atoms with van der Waals surface area (Å²) in [6, 6.07) is 15.7. The van der Waals surface area contributed by atoms with Gasteiger partial charge in [-0.15, -0.1) is 0 Å². The first-order chi connectivity index (χ1) is 16.4. The first-order valence-corrected chi connectivity index (χ1v) is 11.1. The predicted octanol–water partition coefficient (Wildman–Crippen LogP) is 2.81. The molecule has 2 amide bonds. The number of nitrogens with one attached hydrogen (secondary N) is 2. The maximum atomic E-state index is 12.9. The molecule has 1 aliphatic rings. The van der Waals surface area contributed by atoms with Crippen molar-refractivity contribution in [2.75, 3.05) is 32.4 Å². The van der Waals surface area contributed by atoms with E-state index in [1.807, 2.05) is 0 Å². The fourth-order valence-corrected chi connectivity index (χ4v) is 4.35. The summed E-state index contributed by atoms with van der Waals surface area (Å²) in [7, 11) is 4.25. The average molecular weight is 482 g/mol. The summed E-state index contributed by atoms with van der Waals surface area (Å²) in [5.74, 6) is -2.63. The maximum absolute atomic E-state index is 12.9. The van der Waals surface area contributed by atoms with Gasteiger partial charge in [0.2, 0.25) is 11.8 Å². The Balaban J connectivity index is 1.85. The molecule has 0 spiro atoms. The number of benzene rings is 2. The van der Waals surface area contributed by atoms with Crippen LogP contribution in [0.25, 0.3) is 0 Å². The molecule has 10 heteroatoms. The van der Waals surface area contributed by atoms with Crippen molar-refractivity contribution in [1.29, 1.82) is 5.26 Å². The molecular formula is C24H23N3O6S. The number of anilines is 1. The van der Waals surface area contributed by atoms with Gasteiger partial charge in [-0.25, -0.2) is 0 Å². The van der Waals surface area contributed by atoms with Gasteiger partial charge in [0.15, 0.2) is 0 Å². The topological polar surface area (TPSA) is 127 Å². The highest BCUT2D eigenvalue weighted by molar-refractivity contribution is 8.03. The number of carbonyl (C=O) groups excluding carboxylic acids is 3. The molecule has 2 aromatic rings. The van der Waals surface area contributed by atoms with E-state index >= 15 is 0 Å². The Labute approximate surface area is 201 Å². The number of thioether (sulfide) groups is 1. The number of ether oxygens (including phenoxy) is 3. The molecule has 9 nitrogen and oxygen atoms in total. The highest BCUT2D eigenvalue weighted by atomic mass is 32.2. The molecule has 0 radical (unpaired) electrons. The van der Waals surface area contributed by atoms with Crippen molar-refractivity contribution in [3.8, 4) is 17.6 Å². The van der Waals surface area contributed by atoms with Gasteiger partial charge in [-0.05, 0) is 42.0 Å². The smallest absolute Gasteiger partial charge is 0.319 e. The highest BCUT2D eigenvalue weighted by Crippen LogP contribution is 2.40. The predicted molar refractivity (Wildman–Crippen MR) is 126 cm³/mol. The van der Waals surface area contributed by atoms with Crippen molar-refractivity contribution in [3.63, 3.8) is 0 Å². The monoisotopic (exact) mass is 481 g/mol. The Morgan fingerprint density at radius 1 is 1.03 bits per heavy atom. The van der Waals surface area contributed by atoms with E-state index in [-0.39, 0.29) is 22.3 Å². The second kappa shape index (κ2) is 11.2. The Morgan fingerprint density at radius 3 is 2.15 bits per heavy atom. The summed E-state index contributed by atoms with van der Waals surface area (Å²) in [5, 5.41) is 15.5. The van der Waals surface area contributed by atoms with Crippen LogP contribution >= 0.6 is 11.8 Å². The number of amides is 2. The van der Waals surface area contributed by atoms with E-state index in [1.165, 1.54) is 14.2 Å². The number of methoxy groups -OCH3 is 3. The Hall–Kier alpha value is -3.97. The van der Waals surface area contributed by atoms with E-state index in [0.29, 0.717) is 22.7 Å². The van der Waals surface area contributed by atoms with E-state index in [2.05, 4.69) is 16.7 Å². The average Bonchev–Trinajstić information content (AvgIpc) is 2.87. The lowest BCUT2D eigenvalue weighted by Gasteiger charge is -2.31. The van der Waals surface area contributed by atoms with Crippen LogP contribution in [0.2, 0.25) is 0 Å². The van der Waals surface area contributed by atoms with Crippen LogP contribution in [0.5, 0.6) is 11.5 Å². The number of nitrogens with zero attached hydrogens (tertiary/aromatic N) is 1. The molecule has 2 aromatic carbocycles. The zero-order valence-corrected chi connectivity index (χ0v) is 19.6. The molecule has 0 fully saturated rings. The van der Waals surface area contributed by atoms with Gasteiger partial charge in [-0.3, -0.25) is 14.4 Å². The summed E-state index contributed by atoms with van der Waals surface area (Å²) in [6.45, 7) is 0. The van der Waals surface area contributed by atoms with Gasteiger partial charge >= 0.3 is 5.97 Å². The van der Waals surface area contributed by atoms with Gasteiger partial charge in [0.05, 0.1) is 43.8 Å². The van der Waals surface area contributed by atoms with Gasteiger partial charge in [-0.2, -0.15) is 5.26 Å². The third kappa shape index (κ3) is 5.50. The van der Waals surface area contributed by atoms with Crippen LogP contribution < -0.4 is 20.1 Å². The molecule has 2 N–H and O–H groups in total. The molecule has 1 aliphatic heterocycles. The van der Waals surface area contributed by atoms with E-state index in [4.69, 9.17) is 14.2 Å². The second-order valence-corrected chi connectivity index (χ2v) is 8.15. The standard InChI is InChI=1S/C24H23N3O6S/c1-31-16-8-4-14(5-9-16)20-18(12-25)23(27-22(29)21(20)24(30)33-3)34-13-19(28)26-15-6-10-17(32-2)11-7-15/h4-11,20-21H,13H2,1-3H3,(H,26,28)(H,27,29)/t20-,21+/m1/s1. The molecule has 34 heavy (non-hydrogen) atoms. The third-order valence-corrected chi connectivity index (χ3v) is 6.20. The van der Waals surface area contributed by atoms with E-state index < -0.39 is 23.7 Å². The summed E-state index contributed by atoms with van der Waals surface area (Å²) in [6.07, 6.45) is 0. The second-order valence-electron chi connectivity index (χ2n) is 7.16. The first kappa shape index (κ1) is 24.7. The van der Waals surface area contributed by atoms with Gasteiger partial charge in [0.25, 0.3) is 0 Å². The molecule has 0 saturated carbocycles. The summed E-state index contributed by atoms with van der Waals surface area (Å²) < 4.78 is 15.1. The van der Waals surface area contributed by atoms with Crippen molar-refractivity contribution in [3.05, 3.63) is 64.7 Å². The van der Waals surface area contributed by atoms with Gasteiger partial charge in [0, 0.05) is 11.6 Å². The molecule has 0 saturated heterocycles. The number of rotatable bonds is 8. The van der Waals surface area contributed by atoms with Gasteiger partial charge in [0.1, 0.15) is 17.4 Å². The number of allylic oxidation sites excluding steroid dienone is 1. The minimum absolute atomic E-state index is 0.0644. The number of hydrogen-bond donors (Lipinski definition) is 2. The Bertz CT molecular complexity index is 1140. The van der Waals surface area contributed by atoms with Gasteiger partial charge < -0.3 is 24.8 Å². The van der Waals surface area contributed by atoms with Crippen molar-refractivity contribution in [2.45, 2.75) is 5.92 Å². The van der Waals surface area contributed by atoms with Crippen LogP contribution in [-0.4, -0.2) is 44.9 Å². The van der Waals surface area contributed by atoms with E-state index in [1.54, 1.807) is 55.6 Å². The number of esters is 1. The molecule has 0 bridgehead atoms. The number of nitriles is 1. The first-order valence-electron chi connectivity index (χ1n) is 10.2. The van der Waals surface area contributed by atoms with Crippen LogP contribution in [0.1, 0.15) is 11.5 Å². The molecule has 176 valence electrons. The maximum Gasteiger partial charge on any atom is 0.319 e. The SMILES string of the molecule is COC(=O)[C@@H]1C(=O)NC(SCC(=O)Nc2ccc(OC)cc2)=C(C#N)[C@H]1c1ccc(OC)cc1. The zero-order chi connectivity index (χ0) is 24.7. The molecule has 0 aromatic heterocycles. The molecule has 2 atom stereocenters. The largest absolute Gasteiger partial charge is 0.497 e. The summed E-state index contributed by atoms with van der Waals surface area (Å²) in [4.78, 5) is 37.8. The number of carbonyl (C=O) groups is 3. The molecular weight excluding hydrogens is 458 g/mol. The van der Waals surface area contributed by atoms with Crippen LogP contribution in [-0.2, 0) is 19.1 Å². The summed E-state index contributed by atoms with van der Waals surface area (Å²) in [5.41, 5.74) is 1.32. The number of hydrogen-bond acceptors (Lipinski definition) is 8. The minimum Gasteiger partial charge on any atom is -0.497 e. The molecule has 0 unspecified atom stereocenters. The van der Waals surface area contributed by atoms with Crippen molar-refractivity contribution >= 4 is 35.2 Å². The van der Waals surface area contributed by atoms with Crippen molar-refractivity contribution in [1.82, 2.24) is 5.32 Å². The molecule has 0 aliphatic carbocycles. The van der Waals surface area contributed by atoms with Crippen LogP contribution in [0, 0.1) is 17.2 Å². The quantitative estimate of drug-likeness (QED) is 0.435. The lowest BCUT2D eigenvalue weighted by atomic mass is 9.78.